The lowest BCUT2D eigenvalue weighted by molar-refractivity contribution is -0.157. The maximum absolute atomic E-state index is 12.7. The number of nitrogens with zero attached hydrogens (tertiary/aromatic N) is 2. The molecule has 2 aromatic rings. The van der Waals surface area contributed by atoms with E-state index in [4.69, 9.17) is 4.74 Å². The minimum absolute atomic E-state index is 0.0109. The fraction of sp³-hybridized carbons (Fsp3) is 0.524. The molecule has 2 aliphatic heterocycles. The van der Waals surface area contributed by atoms with Crippen molar-refractivity contribution in [3.8, 4) is 0 Å². The normalized spacial score (nSPS) is 28.6. The highest BCUT2D eigenvalue weighted by atomic mass is 16.5. The summed E-state index contributed by atoms with van der Waals surface area (Å²) < 4.78 is 5.47. The van der Waals surface area contributed by atoms with Gasteiger partial charge in [0.25, 0.3) is 0 Å². The SMILES string of the molecule is CCOC(=O)[C@]1(CC)C[C@@H]2CC[C@H]1N2Cc1cccc2cnccc12. The van der Waals surface area contributed by atoms with Gasteiger partial charge in [-0.1, -0.05) is 25.1 Å². The predicted octanol–water partition coefficient (Wildman–Crippen LogP) is 3.93. The lowest BCUT2D eigenvalue weighted by Crippen LogP contribution is -2.44. The monoisotopic (exact) mass is 338 g/mol. The first-order valence-corrected chi connectivity index (χ1v) is 9.44. The molecule has 25 heavy (non-hydrogen) atoms. The fourth-order valence-electron chi connectivity index (χ4n) is 5.09. The standard InChI is InChI=1S/C21H26N2O2/c1-3-21(20(24)25-4-2)12-17-8-9-19(21)23(17)14-16-7-5-6-15-13-22-11-10-18(15)16/h5-7,10-11,13,17,19H,3-4,8-9,12,14H2,1-2H3/t17-,19+,21+/m0/s1. The molecule has 2 bridgehead atoms. The van der Waals surface area contributed by atoms with E-state index in [0.717, 1.165) is 25.8 Å². The molecule has 1 aromatic carbocycles. The van der Waals surface area contributed by atoms with Gasteiger partial charge in [-0.05, 0) is 49.6 Å². The maximum atomic E-state index is 12.7. The van der Waals surface area contributed by atoms with E-state index in [1.165, 1.54) is 22.8 Å². The summed E-state index contributed by atoms with van der Waals surface area (Å²) in [6.07, 6.45) is 7.88. The number of fused-ring (bicyclic) bond motifs is 3. The summed E-state index contributed by atoms with van der Waals surface area (Å²) in [7, 11) is 0. The number of esters is 1. The average molecular weight is 338 g/mol. The van der Waals surface area contributed by atoms with E-state index in [9.17, 15) is 4.79 Å². The molecule has 3 atom stereocenters. The minimum atomic E-state index is -0.314. The van der Waals surface area contributed by atoms with Crippen LogP contribution >= 0.6 is 0 Å². The third-order valence-corrected chi connectivity index (χ3v) is 6.32. The van der Waals surface area contributed by atoms with Crippen LogP contribution < -0.4 is 0 Å². The lowest BCUT2D eigenvalue weighted by Gasteiger charge is -2.34. The molecule has 0 aliphatic carbocycles. The number of benzene rings is 1. The van der Waals surface area contributed by atoms with Gasteiger partial charge in [0.15, 0.2) is 0 Å². The zero-order valence-electron chi connectivity index (χ0n) is 15.1. The highest BCUT2D eigenvalue weighted by molar-refractivity contribution is 5.84. The Morgan fingerprint density at radius 3 is 3.00 bits per heavy atom. The lowest BCUT2D eigenvalue weighted by atomic mass is 9.72. The van der Waals surface area contributed by atoms with Crippen molar-refractivity contribution in [1.29, 1.82) is 0 Å². The van der Waals surface area contributed by atoms with Crippen LogP contribution in [-0.2, 0) is 16.1 Å². The molecule has 0 saturated carbocycles. The maximum Gasteiger partial charge on any atom is 0.313 e. The molecule has 0 unspecified atom stereocenters. The Balaban J connectivity index is 1.64. The van der Waals surface area contributed by atoms with Gasteiger partial charge in [0.2, 0.25) is 0 Å². The van der Waals surface area contributed by atoms with Gasteiger partial charge in [0, 0.05) is 36.4 Å². The first-order chi connectivity index (χ1) is 12.2. The molecule has 4 nitrogen and oxygen atoms in total. The molecule has 3 heterocycles. The number of carbonyl (C=O) groups is 1. The number of aromatic nitrogens is 1. The number of hydrogen-bond acceptors (Lipinski definition) is 4. The summed E-state index contributed by atoms with van der Waals surface area (Å²) in [5, 5.41) is 2.45. The highest BCUT2D eigenvalue weighted by Crippen LogP contribution is 2.53. The Morgan fingerprint density at radius 1 is 1.32 bits per heavy atom. The highest BCUT2D eigenvalue weighted by Gasteiger charge is 2.59. The van der Waals surface area contributed by atoms with E-state index in [-0.39, 0.29) is 11.4 Å². The number of carbonyl (C=O) groups excluding carboxylic acids is 1. The molecular weight excluding hydrogens is 312 g/mol. The van der Waals surface area contributed by atoms with Gasteiger partial charge in [-0.15, -0.1) is 0 Å². The van der Waals surface area contributed by atoms with Crippen LogP contribution in [0.2, 0.25) is 0 Å². The van der Waals surface area contributed by atoms with Crippen molar-refractivity contribution in [3.05, 3.63) is 42.2 Å². The van der Waals surface area contributed by atoms with E-state index < -0.39 is 0 Å². The average Bonchev–Trinajstić information content (AvgIpc) is 3.17. The van der Waals surface area contributed by atoms with E-state index in [1.54, 1.807) is 0 Å². The van der Waals surface area contributed by atoms with Gasteiger partial charge >= 0.3 is 5.97 Å². The van der Waals surface area contributed by atoms with Crippen LogP contribution in [0.25, 0.3) is 10.8 Å². The van der Waals surface area contributed by atoms with Crippen molar-refractivity contribution >= 4 is 16.7 Å². The van der Waals surface area contributed by atoms with E-state index >= 15 is 0 Å². The summed E-state index contributed by atoms with van der Waals surface area (Å²) in [4.78, 5) is 19.5. The number of hydrogen-bond donors (Lipinski definition) is 0. The smallest absolute Gasteiger partial charge is 0.313 e. The van der Waals surface area contributed by atoms with Crippen LogP contribution in [0.15, 0.2) is 36.7 Å². The molecular formula is C21H26N2O2. The third kappa shape index (κ3) is 2.54. The Hall–Kier alpha value is -1.94. The zero-order chi connectivity index (χ0) is 17.4. The first-order valence-electron chi connectivity index (χ1n) is 9.44. The van der Waals surface area contributed by atoms with E-state index in [2.05, 4.69) is 41.1 Å². The molecule has 132 valence electrons. The van der Waals surface area contributed by atoms with Crippen LogP contribution in [0.3, 0.4) is 0 Å². The Kier molecular flexibility index (Phi) is 4.24. The molecule has 2 saturated heterocycles. The van der Waals surface area contributed by atoms with Gasteiger partial charge < -0.3 is 4.74 Å². The van der Waals surface area contributed by atoms with Crippen LogP contribution in [0.4, 0.5) is 0 Å². The van der Waals surface area contributed by atoms with Gasteiger partial charge in [-0.3, -0.25) is 14.7 Å². The van der Waals surface area contributed by atoms with Crippen LogP contribution in [0.5, 0.6) is 0 Å². The number of rotatable bonds is 5. The summed E-state index contributed by atoms with van der Waals surface area (Å²) in [6.45, 7) is 5.40. The summed E-state index contributed by atoms with van der Waals surface area (Å²) in [5.41, 5.74) is 1.01. The van der Waals surface area contributed by atoms with Gasteiger partial charge in [-0.25, -0.2) is 0 Å². The molecule has 0 radical (unpaired) electrons. The van der Waals surface area contributed by atoms with Crippen molar-refractivity contribution in [2.45, 2.75) is 58.2 Å². The Bertz CT molecular complexity index is 785. The van der Waals surface area contributed by atoms with Crippen molar-refractivity contribution in [2.24, 2.45) is 5.41 Å². The quantitative estimate of drug-likeness (QED) is 0.775. The number of pyridine rings is 1. The van der Waals surface area contributed by atoms with Crippen molar-refractivity contribution in [2.75, 3.05) is 6.61 Å². The molecule has 0 amide bonds. The van der Waals surface area contributed by atoms with Gasteiger partial charge in [0.05, 0.1) is 12.0 Å². The molecule has 4 rings (SSSR count). The Labute approximate surface area is 149 Å². The van der Waals surface area contributed by atoms with Crippen LogP contribution in [-0.4, -0.2) is 34.5 Å². The van der Waals surface area contributed by atoms with Crippen molar-refractivity contribution < 1.29 is 9.53 Å². The van der Waals surface area contributed by atoms with Crippen molar-refractivity contribution in [1.82, 2.24) is 9.88 Å². The first kappa shape index (κ1) is 16.5. The predicted molar refractivity (Wildman–Crippen MR) is 98.1 cm³/mol. The summed E-state index contributed by atoms with van der Waals surface area (Å²) >= 11 is 0. The van der Waals surface area contributed by atoms with E-state index in [1.807, 2.05) is 19.3 Å². The summed E-state index contributed by atoms with van der Waals surface area (Å²) in [5.74, 6) is 0.0109. The van der Waals surface area contributed by atoms with Crippen LogP contribution in [0.1, 0.15) is 45.1 Å². The van der Waals surface area contributed by atoms with Gasteiger partial charge in [0.1, 0.15) is 0 Å². The van der Waals surface area contributed by atoms with E-state index in [0.29, 0.717) is 18.7 Å². The third-order valence-electron chi connectivity index (χ3n) is 6.32. The zero-order valence-corrected chi connectivity index (χ0v) is 15.1. The van der Waals surface area contributed by atoms with Gasteiger partial charge in [-0.2, -0.15) is 0 Å². The number of ether oxygens (including phenoxy) is 1. The molecule has 0 spiro atoms. The van der Waals surface area contributed by atoms with Crippen molar-refractivity contribution in [3.63, 3.8) is 0 Å². The molecule has 2 aliphatic rings. The largest absolute Gasteiger partial charge is 0.466 e. The fourth-order valence-corrected chi connectivity index (χ4v) is 5.09. The van der Waals surface area contributed by atoms with Crippen LogP contribution in [0, 0.1) is 5.41 Å². The minimum Gasteiger partial charge on any atom is -0.466 e. The second kappa shape index (κ2) is 6.41. The topological polar surface area (TPSA) is 42.4 Å². The molecule has 2 fully saturated rings. The molecule has 1 aromatic heterocycles. The molecule has 4 heteroatoms. The summed E-state index contributed by atoms with van der Waals surface area (Å²) in [6, 6.07) is 9.32. The second-order valence-electron chi connectivity index (χ2n) is 7.37. The molecule has 0 N–H and O–H groups in total. The Morgan fingerprint density at radius 2 is 2.20 bits per heavy atom. The second-order valence-corrected chi connectivity index (χ2v) is 7.37.